The quantitative estimate of drug-likeness (QED) is 0.660. The molecular formula is C19H19F2N5O3S. The average molecular weight is 435 g/mol. The van der Waals surface area contributed by atoms with Crippen molar-refractivity contribution in [2.75, 3.05) is 19.0 Å². The molecule has 1 saturated carbocycles. The number of aromatic nitrogens is 2. The Kier molecular flexibility index (Phi) is 4.89. The highest BCUT2D eigenvalue weighted by Gasteiger charge is 2.66. The van der Waals surface area contributed by atoms with Crippen LogP contribution in [0, 0.1) is 17.6 Å². The van der Waals surface area contributed by atoms with Crippen LogP contribution in [-0.4, -0.2) is 39.5 Å². The Labute approximate surface area is 174 Å². The number of nitrogens with two attached hydrogens (primary N) is 1. The number of ether oxygens (including phenoxy) is 1. The van der Waals surface area contributed by atoms with E-state index in [0.29, 0.717) is 13.0 Å². The van der Waals surface area contributed by atoms with Crippen molar-refractivity contribution in [3.63, 3.8) is 0 Å². The van der Waals surface area contributed by atoms with Crippen molar-refractivity contribution in [3.8, 4) is 0 Å². The smallest absolute Gasteiger partial charge is 0.275 e. The number of hydrogen-bond donors (Lipinski definition) is 3. The summed E-state index contributed by atoms with van der Waals surface area (Å²) >= 11 is 1.39. The van der Waals surface area contributed by atoms with Gasteiger partial charge >= 0.3 is 0 Å². The predicted octanol–water partition coefficient (Wildman–Crippen LogP) is 1.98. The lowest BCUT2D eigenvalue weighted by Crippen LogP contribution is -2.38. The molecule has 0 spiro atoms. The van der Waals surface area contributed by atoms with Gasteiger partial charge in [0.05, 0.1) is 23.1 Å². The fourth-order valence-electron chi connectivity index (χ4n) is 4.02. The summed E-state index contributed by atoms with van der Waals surface area (Å²) in [6, 6.07) is 2.23. The molecule has 4 N–H and O–H groups in total. The number of carbonyl (C=O) groups is 1. The maximum absolute atomic E-state index is 14.9. The summed E-state index contributed by atoms with van der Waals surface area (Å²) in [6.07, 6.45) is 2.77. The topological polar surface area (TPSA) is 122 Å². The summed E-state index contributed by atoms with van der Waals surface area (Å²) in [5, 5.41) is 2.75. The van der Waals surface area contributed by atoms with Gasteiger partial charge in [-0.15, -0.1) is 0 Å². The zero-order valence-corrected chi connectivity index (χ0v) is 17.0. The van der Waals surface area contributed by atoms with E-state index in [4.69, 9.17) is 10.5 Å². The number of amides is 1. The maximum Gasteiger partial charge on any atom is 0.275 e. The first-order chi connectivity index (χ1) is 14.2. The second kappa shape index (κ2) is 7.17. The summed E-state index contributed by atoms with van der Waals surface area (Å²) in [5.74, 6) is -2.96. The first-order valence-corrected chi connectivity index (χ1v) is 9.89. The minimum Gasteiger partial charge on any atom is -0.383 e. The van der Waals surface area contributed by atoms with Gasteiger partial charge in [0.15, 0.2) is 16.8 Å². The molecule has 1 unspecified atom stereocenters. The molecule has 1 aliphatic heterocycles. The van der Waals surface area contributed by atoms with Crippen LogP contribution < -0.4 is 16.6 Å². The number of fused-ring (bicyclic) bond motifs is 1. The highest BCUT2D eigenvalue weighted by atomic mass is 32.2. The summed E-state index contributed by atoms with van der Waals surface area (Å²) in [6.45, 7) is 2.11. The van der Waals surface area contributed by atoms with E-state index >= 15 is 0 Å². The van der Waals surface area contributed by atoms with E-state index in [1.54, 1.807) is 14.0 Å². The fourth-order valence-corrected chi connectivity index (χ4v) is 5.47. The summed E-state index contributed by atoms with van der Waals surface area (Å²) in [4.78, 5) is 34.0. The Morgan fingerprint density at radius 1 is 1.47 bits per heavy atom. The molecular weight excluding hydrogens is 416 g/mol. The van der Waals surface area contributed by atoms with Crippen molar-refractivity contribution in [1.82, 2.24) is 9.97 Å². The van der Waals surface area contributed by atoms with E-state index in [1.807, 2.05) is 0 Å². The van der Waals surface area contributed by atoms with Gasteiger partial charge in [0.2, 0.25) is 0 Å². The van der Waals surface area contributed by atoms with Crippen LogP contribution in [0.1, 0.15) is 29.4 Å². The zero-order valence-electron chi connectivity index (χ0n) is 16.2. The largest absolute Gasteiger partial charge is 0.383 e. The maximum atomic E-state index is 14.9. The van der Waals surface area contributed by atoms with E-state index in [0.717, 1.165) is 18.5 Å². The number of nitrogens with zero attached hydrogens (tertiary/aromatic N) is 2. The molecule has 1 aromatic carbocycles. The molecule has 2 aliphatic rings. The first kappa shape index (κ1) is 20.5. The van der Waals surface area contributed by atoms with E-state index < -0.39 is 28.6 Å². The molecule has 0 saturated heterocycles. The number of methoxy groups -OCH3 is 1. The van der Waals surface area contributed by atoms with Crippen LogP contribution in [0.2, 0.25) is 0 Å². The highest BCUT2D eigenvalue weighted by molar-refractivity contribution is 8.15. The van der Waals surface area contributed by atoms with Crippen LogP contribution in [0.4, 0.5) is 14.5 Å². The van der Waals surface area contributed by atoms with Crippen molar-refractivity contribution < 1.29 is 18.3 Å². The first-order valence-electron chi connectivity index (χ1n) is 9.07. The number of H-pyrrole nitrogens is 1. The monoisotopic (exact) mass is 435 g/mol. The van der Waals surface area contributed by atoms with Gasteiger partial charge in [-0.2, -0.15) is 0 Å². The minimum absolute atomic E-state index is 0.00143. The van der Waals surface area contributed by atoms with Crippen molar-refractivity contribution in [1.29, 1.82) is 0 Å². The van der Waals surface area contributed by atoms with Gasteiger partial charge in [0.1, 0.15) is 5.69 Å². The van der Waals surface area contributed by atoms with Gasteiger partial charge in [-0.05, 0) is 19.4 Å². The summed E-state index contributed by atoms with van der Waals surface area (Å²) < 4.78 is 34.3. The molecule has 8 nitrogen and oxygen atoms in total. The Hall–Kier alpha value is -2.79. The lowest BCUT2D eigenvalue weighted by Gasteiger charge is -2.34. The number of nitrogens with one attached hydrogen (secondary N) is 2. The third kappa shape index (κ3) is 3.37. The molecule has 1 aromatic heterocycles. The Bertz CT molecular complexity index is 1100. The lowest BCUT2D eigenvalue weighted by atomic mass is 9.85. The van der Waals surface area contributed by atoms with Gasteiger partial charge in [-0.1, -0.05) is 11.8 Å². The van der Waals surface area contributed by atoms with E-state index in [-0.39, 0.29) is 32.8 Å². The molecule has 11 heteroatoms. The van der Waals surface area contributed by atoms with Crippen LogP contribution in [0.15, 0.2) is 34.3 Å². The molecule has 158 valence electrons. The molecule has 2 heterocycles. The van der Waals surface area contributed by atoms with Crippen LogP contribution in [0.5, 0.6) is 0 Å². The Morgan fingerprint density at radius 3 is 2.90 bits per heavy atom. The number of aromatic amines is 1. The third-order valence-electron chi connectivity index (χ3n) is 5.48. The number of thioether (sulfide) groups is 1. The van der Waals surface area contributed by atoms with E-state index in [1.165, 1.54) is 17.8 Å². The molecule has 1 aliphatic carbocycles. The molecule has 3 atom stereocenters. The normalized spacial score (nSPS) is 27.2. The lowest BCUT2D eigenvalue weighted by molar-refractivity contribution is 0.102. The second-order valence-electron chi connectivity index (χ2n) is 7.52. The highest BCUT2D eigenvalue weighted by Crippen LogP contribution is 2.66. The zero-order chi connectivity index (χ0) is 21.7. The molecule has 0 bridgehead atoms. The number of anilines is 1. The number of carbonyl (C=O) groups excluding carboxylic acids is 1. The predicted molar refractivity (Wildman–Crippen MR) is 108 cm³/mol. The van der Waals surface area contributed by atoms with E-state index in [9.17, 15) is 18.4 Å². The summed E-state index contributed by atoms with van der Waals surface area (Å²) in [5.41, 5.74) is 4.38. The fraction of sp³-hybridized carbons (Fsp3) is 0.368. The van der Waals surface area contributed by atoms with Crippen LogP contribution in [0.25, 0.3) is 0 Å². The van der Waals surface area contributed by atoms with Gasteiger partial charge < -0.3 is 20.8 Å². The molecule has 2 aromatic rings. The number of rotatable bonds is 5. The van der Waals surface area contributed by atoms with Crippen LogP contribution in [0.3, 0.4) is 0 Å². The number of amidine groups is 1. The van der Waals surface area contributed by atoms with Gasteiger partial charge in [-0.25, -0.2) is 13.8 Å². The van der Waals surface area contributed by atoms with Crippen LogP contribution >= 0.6 is 11.8 Å². The molecule has 0 radical (unpaired) electrons. The Balaban J connectivity index is 1.70. The Morgan fingerprint density at radius 2 is 2.23 bits per heavy atom. The molecule has 4 rings (SSSR count). The van der Waals surface area contributed by atoms with Gasteiger partial charge in [0, 0.05) is 36.5 Å². The molecule has 30 heavy (non-hydrogen) atoms. The van der Waals surface area contributed by atoms with Gasteiger partial charge in [0.25, 0.3) is 11.5 Å². The number of halogens is 2. The summed E-state index contributed by atoms with van der Waals surface area (Å²) in [7, 11) is 1.57. The number of hydrogen-bond acceptors (Lipinski definition) is 7. The standard InChI is InChI=1S/C19H19F2N5O3S/c1-18(13-5-19(13,8-29-2)30-17(22)26-18)10-3-9(4-11(20)15(10)21)25-16(28)12-6-24-14(27)7-23-12/h3-4,6-7,13H,5,8H2,1-2H3,(H2,22,26)(H,24,27)(H,25,28)/t13?,18-,19-/m1/s1. The number of aliphatic imine (C=N–C) groups is 1. The molecule has 1 fully saturated rings. The van der Waals surface area contributed by atoms with E-state index in [2.05, 4.69) is 20.3 Å². The third-order valence-corrected chi connectivity index (χ3v) is 6.75. The number of benzene rings is 1. The SMILES string of the molecule is COC[C@]12CC1[C@@](C)(c1cc(NC(=O)c3c[nH]c(=O)cn3)cc(F)c1F)N=C(N)S2. The van der Waals surface area contributed by atoms with Crippen molar-refractivity contribution in [2.24, 2.45) is 16.6 Å². The van der Waals surface area contributed by atoms with Crippen LogP contribution in [-0.2, 0) is 10.3 Å². The molecule has 1 amide bonds. The average Bonchev–Trinajstić information content (AvgIpc) is 3.40. The van der Waals surface area contributed by atoms with Gasteiger partial charge in [-0.3, -0.25) is 14.6 Å². The minimum atomic E-state index is -1.12. The van der Waals surface area contributed by atoms with Crippen molar-refractivity contribution in [3.05, 3.63) is 57.8 Å². The van der Waals surface area contributed by atoms with Crippen molar-refractivity contribution >= 4 is 28.5 Å². The van der Waals surface area contributed by atoms with Crippen molar-refractivity contribution in [2.45, 2.75) is 23.6 Å². The second-order valence-corrected chi connectivity index (χ2v) is 8.96.